The van der Waals surface area contributed by atoms with Crippen molar-refractivity contribution in [3.8, 4) is 11.4 Å². The van der Waals surface area contributed by atoms with E-state index in [4.69, 9.17) is 4.74 Å². The number of aryl methyl sites for hydroxylation is 1. The molecule has 0 aliphatic rings. The van der Waals surface area contributed by atoms with Gasteiger partial charge in [0.25, 0.3) is 0 Å². The van der Waals surface area contributed by atoms with Crippen LogP contribution in [-0.4, -0.2) is 33.2 Å². The van der Waals surface area contributed by atoms with Gasteiger partial charge < -0.3 is 9.84 Å². The highest BCUT2D eigenvalue weighted by Crippen LogP contribution is 2.26. The number of methoxy groups -OCH3 is 1. The summed E-state index contributed by atoms with van der Waals surface area (Å²) in [4.78, 5) is 12.6. The number of rotatable bonds is 6. The van der Waals surface area contributed by atoms with Gasteiger partial charge in [-0.1, -0.05) is 29.0 Å². The van der Waals surface area contributed by atoms with Gasteiger partial charge in [0.1, 0.15) is 5.75 Å². The van der Waals surface area contributed by atoms with Gasteiger partial charge in [0, 0.05) is 16.7 Å². The van der Waals surface area contributed by atoms with E-state index in [0.29, 0.717) is 22.9 Å². The number of thioether (sulfide) groups is 1. The number of nitrogens with zero attached hydrogens (tertiary/aromatic N) is 3. The lowest BCUT2D eigenvalue weighted by Crippen LogP contribution is -2.06. The van der Waals surface area contributed by atoms with E-state index in [0.717, 1.165) is 4.90 Å². The first-order valence-electron chi connectivity index (χ1n) is 7.60. The molecule has 0 fully saturated rings. The van der Waals surface area contributed by atoms with Crippen molar-refractivity contribution in [1.82, 2.24) is 15.0 Å². The van der Waals surface area contributed by atoms with E-state index in [-0.39, 0.29) is 5.69 Å². The molecule has 0 aliphatic heterocycles. The Labute approximate surface area is 149 Å². The molecule has 0 aliphatic carbocycles. The molecular weight excluding hydrogens is 338 g/mol. The maximum absolute atomic E-state index is 11.5. The number of benzene rings is 2. The van der Waals surface area contributed by atoms with Crippen molar-refractivity contribution < 1.29 is 14.6 Å². The molecule has 0 bridgehead atoms. The predicted octanol–water partition coefficient (Wildman–Crippen LogP) is 3.57. The Morgan fingerprint density at radius 2 is 2.00 bits per heavy atom. The number of ether oxygens (including phenoxy) is 1. The van der Waals surface area contributed by atoms with Crippen LogP contribution in [0.3, 0.4) is 0 Å². The Morgan fingerprint density at radius 1 is 1.24 bits per heavy atom. The van der Waals surface area contributed by atoms with Gasteiger partial charge in [-0.3, -0.25) is 0 Å². The van der Waals surface area contributed by atoms with Gasteiger partial charge in [0.05, 0.1) is 18.5 Å². The zero-order valence-electron chi connectivity index (χ0n) is 13.8. The molecule has 128 valence electrons. The summed E-state index contributed by atoms with van der Waals surface area (Å²) in [6.45, 7) is 2.03. The van der Waals surface area contributed by atoms with E-state index >= 15 is 0 Å². The molecular formula is C18H17N3O3S. The molecule has 3 rings (SSSR count). The highest BCUT2D eigenvalue weighted by molar-refractivity contribution is 7.98. The van der Waals surface area contributed by atoms with Crippen LogP contribution in [0.2, 0.25) is 0 Å². The summed E-state index contributed by atoms with van der Waals surface area (Å²) in [5.74, 6) is 0.0187. The number of carboxylic acid groups (broad SMARTS) is 1. The third-order valence-corrected chi connectivity index (χ3v) is 4.68. The fourth-order valence-corrected chi connectivity index (χ4v) is 3.22. The Bertz CT molecular complexity index is 891. The van der Waals surface area contributed by atoms with Crippen LogP contribution in [0, 0.1) is 6.92 Å². The van der Waals surface area contributed by atoms with Crippen molar-refractivity contribution in [1.29, 1.82) is 0 Å². The zero-order valence-corrected chi connectivity index (χ0v) is 14.7. The molecule has 0 unspecified atom stereocenters. The molecule has 2 aromatic carbocycles. The standard InChI is InChI=1S/C18H17N3O3S/c1-12-6-8-15(9-7-12)25-11-16-17(18(22)23)19-20-21(16)13-4-3-5-14(10-13)24-2/h3-10H,11H2,1-2H3,(H,22,23). The first-order valence-corrected chi connectivity index (χ1v) is 8.59. The fourth-order valence-electron chi connectivity index (χ4n) is 2.33. The number of hydrogen-bond acceptors (Lipinski definition) is 5. The van der Waals surface area contributed by atoms with Crippen LogP contribution in [0.15, 0.2) is 53.4 Å². The number of aromatic carboxylic acids is 1. The Balaban J connectivity index is 1.94. The summed E-state index contributed by atoms with van der Waals surface area (Å²) in [6, 6.07) is 15.4. The van der Waals surface area contributed by atoms with Gasteiger partial charge in [-0.2, -0.15) is 0 Å². The van der Waals surface area contributed by atoms with Gasteiger partial charge in [-0.25, -0.2) is 9.48 Å². The number of carboxylic acids is 1. The molecule has 0 saturated heterocycles. The van der Waals surface area contributed by atoms with Crippen LogP contribution in [0.5, 0.6) is 5.75 Å². The van der Waals surface area contributed by atoms with Crippen LogP contribution in [0.25, 0.3) is 5.69 Å². The minimum absolute atomic E-state index is 0.0394. The summed E-state index contributed by atoms with van der Waals surface area (Å²) >= 11 is 1.54. The molecule has 3 aromatic rings. The molecule has 0 atom stereocenters. The van der Waals surface area contributed by atoms with Gasteiger partial charge in [0.2, 0.25) is 0 Å². The van der Waals surface area contributed by atoms with Crippen LogP contribution in [-0.2, 0) is 5.75 Å². The third-order valence-electron chi connectivity index (χ3n) is 3.66. The van der Waals surface area contributed by atoms with Crippen molar-refractivity contribution in [3.05, 3.63) is 65.5 Å². The van der Waals surface area contributed by atoms with Crippen molar-refractivity contribution >= 4 is 17.7 Å². The maximum Gasteiger partial charge on any atom is 0.358 e. The first-order chi connectivity index (χ1) is 12.1. The molecule has 0 saturated carbocycles. The Hall–Kier alpha value is -2.80. The molecule has 0 amide bonds. The lowest BCUT2D eigenvalue weighted by atomic mass is 10.2. The number of carbonyl (C=O) groups is 1. The van der Waals surface area contributed by atoms with Gasteiger partial charge in [-0.15, -0.1) is 16.9 Å². The summed E-state index contributed by atoms with van der Waals surface area (Å²) in [5.41, 5.74) is 2.38. The van der Waals surface area contributed by atoms with Gasteiger partial charge in [-0.05, 0) is 31.2 Å². The zero-order chi connectivity index (χ0) is 17.8. The van der Waals surface area contributed by atoms with Crippen molar-refractivity contribution in [2.45, 2.75) is 17.6 Å². The lowest BCUT2D eigenvalue weighted by Gasteiger charge is -2.09. The molecule has 6 nitrogen and oxygen atoms in total. The Morgan fingerprint density at radius 3 is 2.68 bits per heavy atom. The molecule has 1 heterocycles. The summed E-state index contributed by atoms with van der Waals surface area (Å²) in [7, 11) is 1.58. The van der Waals surface area contributed by atoms with Gasteiger partial charge in [0.15, 0.2) is 5.69 Å². The van der Waals surface area contributed by atoms with E-state index in [1.165, 1.54) is 5.56 Å². The highest BCUT2D eigenvalue weighted by Gasteiger charge is 2.20. The summed E-state index contributed by atoms with van der Waals surface area (Å²) < 4.78 is 6.78. The van der Waals surface area contributed by atoms with Crippen molar-refractivity contribution in [3.63, 3.8) is 0 Å². The number of aromatic nitrogens is 3. The first kappa shape index (κ1) is 17.0. The topological polar surface area (TPSA) is 77.2 Å². The third kappa shape index (κ3) is 3.83. The molecule has 0 spiro atoms. The summed E-state index contributed by atoms with van der Waals surface area (Å²) in [5, 5.41) is 17.3. The minimum atomic E-state index is -1.09. The smallest absolute Gasteiger partial charge is 0.358 e. The maximum atomic E-state index is 11.5. The monoisotopic (exact) mass is 355 g/mol. The molecule has 1 N–H and O–H groups in total. The SMILES string of the molecule is COc1cccc(-n2nnc(C(=O)O)c2CSc2ccc(C)cc2)c1. The van der Waals surface area contributed by atoms with E-state index in [1.807, 2.05) is 49.4 Å². The second-order valence-corrected chi connectivity index (χ2v) is 6.45. The molecule has 1 aromatic heterocycles. The molecule has 7 heteroatoms. The number of hydrogen-bond donors (Lipinski definition) is 1. The quantitative estimate of drug-likeness (QED) is 0.681. The molecule has 25 heavy (non-hydrogen) atoms. The minimum Gasteiger partial charge on any atom is -0.497 e. The largest absolute Gasteiger partial charge is 0.497 e. The van der Waals surface area contributed by atoms with Gasteiger partial charge >= 0.3 is 5.97 Å². The van der Waals surface area contributed by atoms with Crippen LogP contribution in [0.1, 0.15) is 21.7 Å². The van der Waals surface area contributed by atoms with E-state index in [2.05, 4.69) is 10.3 Å². The second-order valence-electron chi connectivity index (χ2n) is 5.40. The van der Waals surface area contributed by atoms with Crippen molar-refractivity contribution in [2.75, 3.05) is 7.11 Å². The summed E-state index contributed by atoms with van der Waals surface area (Å²) in [6.07, 6.45) is 0. The average Bonchev–Trinajstić information content (AvgIpc) is 3.05. The van der Waals surface area contributed by atoms with E-state index in [1.54, 1.807) is 29.6 Å². The van der Waals surface area contributed by atoms with Crippen LogP contribution >= 0.6 is 11.8 Å². The normalized spacial score (nSPS) is 10.6. The van der Waals surface area contributed by atoms with Crippen LogP contribution < -0.4 is 4.74 Å². The van der Waals surface area contributed by atoms with Crippen LogP contribution in [0.4, 0.5) is 0 Å². The van der Waals surface area contributed by atoms with Crippen molar-refractivity contribution in [2.24, 2.45) is 0 Å². The molecule has 0 radical (unpaired) electrons. The average molecular weight is 355 g/mol. The highest BCUT2D eigenvalue weighted by atomic mass is 32.2. The lowest BCUT2D eigenvalue weighted by molar-refractivity contribution is 0.0689. The Kier molecular flexibility index (Phi) is 5.04. The van der Waals surface area contributed by atoms with E-state index < -0.39 is 5.97 Å². The second kappa shape index (κ2) is 7.40. The predicted molar refractivity (Wildman–Crippen MR) is 95.6 cm³/mol. The fraction of sp³-hybridized carbons (Fsp3) is 0.167. The van der Waals surface area contributed by atoms with E-state index in [9.17, 15) is 9.90 Å².